The van der Waals surface area contributed by atoms with E-state index in [0.717, 1.165) is 11.4 Å². The molecule has 0 aliphatic heterocycles. The molecule has 104 valence electrons. The zero-order valence-electron chi connectivity index (χ0n) is 9.89. The molecule has 0 aliphatic rings. The molecule has 8 nitrogen and oxygen atoms in total. The molecule has 1 rings (SSSR count). The van der Waals surface area contributed by atoms with Crippen LogP contribution in [-0.2, 0) is 10.4 Å². The van der Waals surface area contributed by atoms with E-state index in [-0.39, 0.29) is 6.17 Å². The Balaban J connectivity index is 0.000000494. The van der Waals surface area contributed by atoms with Crippen molar-refractivity contribution in [2.45, 2.75) is 6.17 Å². The largest absolute Gasteiger partial charge is 0.399 e. The molecule has 8 N–H and O–H groups in total. The lowest BCUT2D eigenvalue weighted by molar-refractivity contribution is 0.381. The molecule has 0 saturated heterocycles. The van der Waals surface area contributed by atoms with E-state index in [1.165, 1.54) is 0 Å². The fourth-order valence-electron chi connectivity index (χ4n) is 1.06. The molecule has 0 aromatic heterocycles. The van der Waals surface area contributed by atoms with Gasteiger partial charge < -0.3 is 22.1 Å². The second-order valence-electron chi connectivity index (χ2n) is 3.45. The molecule has 0 aliphatic carbocycles. The van der Waals surface area contributed by atoms with Gasteiger partial charge in [-0.1, -0.05) is 0 Å². The third-order valence-electron chi connectivity index (χ3n) is 2.04. The highest BCUT2D eigenvalue weighted by Gasteiger charge is 2.07. The average Bonchev–Trinajstić information content (AvgIpc) is 2.26. The monoisotopic (exact) mass is 278 g/mol. The summed E-state index contributed by atoms with van der Waals surface area (Å²) in [6.07, 6.45) is -0.149. The number of hydrogen-bond acceptors (Lipinski definition) is 6. The minimum Gasteiger partial charge on any atom is -0.399 e. The van der Waals surface area contributed by atoms with Crippen LogP contribution in [0.4, 0.5) is 11.4 Å². The van der Waals surface area contributed by atoms with E-state index < -0.39 is 10.4 Å². The Bertz CT molecular complexity index is 440. The number of nitrogens with zero attached hydrogens (tertiary/aromatic N) is 1. The van der Waals surface area contributed by atoms with E-state index in [1.807, 2.05) is 36.2 Å². The average molecular weight is 278 g/mol. The van der Waals surface area contributed by atoms with Crippen LogP contribution in [0, 0.1) is 0 Å². The fourth-order valence-corrected chi connectivity index (χ4v) is 1.06. The van der Waals surface area contributed by atoms with Crippen LogP contribution in [0.1, 0.15) is 0 Å². The van der Waals surface area contributed by atoms with E-state index in [0.29, 0.717) is 6.54 Å². The third-order valence-corrected chi connectivity index (χ3v) is 2.04. The van der Waals surface area contributed by atoms with Crippen molar-refractivity contribution in [2.75, 3.05) is 24.2 Å². The number of rotatable bonds is 3. The van der Waals surface area contributed by atoms with Crippen LogP contribution in [0.2, 0.25) is 0 Å². The van der Waals surface area contributed by atoms with Gasteiger partial charge in [-0.05, 0) is 24.3 Å². The molecule has 0 heterocycles. The summed E-state index contributed by atoms with van der Waals surface area (Å²) in [6.45, 7) is 0.431. The molecule has 1 aromatic carbocycles. The number of anilines is 2. The molecule has 1 unspecified atom stereocenters. The minimum absolute atomic E-state index is 0.149. The molecule has 0 spiro atoms. The molecule has 0 bridgehead atoms. The first kappa shape index (κ1) is 16.6. The maximum Gasteiger partial charge on any atom is 0.394 e. The van der Waals surface area contributed by atoms with Crippen molar-refractivity contribution in [3.63, 3.8) is 0 Å². The van der Waals surface area contributed by atoms with E-state index in [9.17, 15) is 0 Å². The summed E-state index contributed by atoms with van der Waals surface area (Å²) in [5, 5.41) is 0. The Morgan fingerprint density at radius 3 is 2.00 bits per heavy atom. The predicted octanol–water partition coefficient (Wildman–Crippen LogP) is -0.704. The standard InChI is InChI=1S/C9H16N4.H2O4S/c1-13(9(12)6-10)8-4-2-7(11)3-5-8;1-5(2,3)4/h2-5,9H,6,10-12H2,1H3;(H2,1,2,3,4). The van der Waals surface area contributed by atoms with Gasteiger partial charge in [-0.3, -0.25) is 9.11 Å². The molecule has 0 radical (unpaired) electrons. The Kier molecular flexibility index (Phi) is 6.58. The number of nitrogens with two attached hydrogens (primary N) is 3. The quantitative estimate of drug-likeness (QED) is 0.276. The van der Waals surface area contributed by atoms with Crippen molar-refractivity contribution in [2.24, 2.45) is 11.5 Å². The summed E-state index contributed by atoms with van der Waals surface area (Å²) in [7, 11) is -2.76. The second-order valence-corrected chi connectivity index (χ2v) is 4.35. The first-order valence-electron chi connectivity index (χ1n) is 4.89. The van der Waals surface area contributed by atoms with Gasteiger partial charge >= 0.3 is 10.4 Å². The SMILES string of the molecule is CN(c1ccc(N)cc1)C(N)CN.O=S(=O)(O)O. The van der Waals surface area contributed by atoms with Gasteiger partial charge in [0.25, 0.3) is 0 Å². The van der Waals surface area contributed by atoms with Gasteiger partial charge in [0, 0.05) is 25.0 Å². The van der Waals surface area contributed by atoms with Crippen molar-refractivity contribution < 1.29 is 17.5 Å². The van der Waals surface area contributed by atoms with Crippen molar-refractivity contribution >= 4 is 21.8 Å². The lowest BCUT2D eigenvalue weighted by Crippen LogP contribution is -2.44. The van der Waals surface area contributed by atoms with E-state index in [4.69, 9.17) is 34.7 Å². The van der Waals surface area contributed by atoms with E-state index in [2.05, 4.69) is 0 Å². The van der Waals surface area contributed by atoms with Crippen LogP contribution in [-0.4, -0.2) is 37.3 Å². The summed E-state index contributed by atoms with van der Waals surface area (Å²) < 4.78 is 31.6. The molecule has 9 heteroatoms. The molecular weight excluding hydrogens is 260 g/mol. The van der Waals surface area contributed by atoms with Crippen molar-refractivity contribution in [1.82, 2.24) is 0 Å². The number of likely N-dealkylation sites (N-methyl/N-ethyl adjacent to an activating group) is 1. The van der Waals surface area contributed by atoms with Crippen LogP contribution < -0.4 is 22.1 Å². The minimum atomic E-state index is -4.67. The fraction of sp³-hybridized carbons (Fsp3) is 0.333. The normalized spacial score (nSPS) is 12.3. The van der Waals surface area contributed by atoms with Crippen molar-refractivity contribution in [1.29, 1.82) is 0 Å². The molecule has 0 amide bonds. The molecule has 1 atom stereocenters. The van der Waals surface area contributed by atoms with Gasteiger partial charge in [0.15, 0.2) is 0 Å². The third kappa shape index (κ3) is 7.81. The second kappa shape index (κ2) is 7.13. The zero-order valence-corrected chi connectivity index (χ0v) is 10.7. The lowest BCUT2D eigenvalue weighted by Gasteiger charge is -2.25. The van der Waals surface area contributed by atoms with E-state index >= 15 is 0 Å². The summed E-state index contributed by atoms with van der Waals surface area (Å²) in [4.78, 5) is 1.92. The Hall–Kier alpha value is -1.39. The van der Waals surface area contributed by atoms with Crippen LogP contribution in [0.3, 0.4) is 0 Å². The predicted molar refractivity (Wildman–Crippen MR) is 70.5 cm³/mol. The first-order valence-corrected chi connectivity index (χ1v) is 6.28. The number of hydrogen-bond donors (Lipinski definition) is 5. The highest BCUT2D eigenvalue weighted by Crippen LogP contribution is 2.15. The van der Waals surface area contributed by atoms with Gasteiger partial charge in [-0.2, -0.15) is 8.42 Å². The lowest BCUT2D eigenvalue weighted by atomic mass is 10.2. The summed E-state index contributed by atoms with van der Waals surface area (Å²) in [5.41, 5.74) is 18.5. The zero-order chi connectivity index (χ0) is 14.3. The van der Waals surface area contributed by atoms with Gasteiger partial charge in [0.05, 0.1) is 6.17 Å². The molecule has 0 saturated carbocycles. The maximum absolute atomic E-state index is 8.74. The van der Waals surface area contributed by atoms with Crippen LogP contribution in [0.25, 0.3) is 0 Å². The maximum atomic E-state index is 8.74. The molecule has 0 fully saturated rings. The Labute approximate surface area is 106 Å². The van der Waals surface area contributed by atoms with Gasteiger partial charge in [-0.15, -0.1) is 0 Å². The van der Waals surface area contributed by atoms with Crippen LogP contribution in [0.5, 0.6) is 0 Å². The summed E-state index contributed by atoms with van der Waals surface area (Å²) in [5.74, 6) is 0. The summed E-state index contributed by atoms with van der Waals surface area (Å²) in [6, 6.07) is 7.53. The Morgan fingerprint density at radius 2 is 1.67 bits per heavy atom. The van der Waals surface area contributed by atoms with Gasteiger partial charge in [0.1, 0.15) is 0 Å². The highest BCUT2D eigenvalue weighted by molar-refractivity contribution is 7.79. The molecule has 18 heavy (non-hydrogen) atoms. The summed E-state index contributed by atoms with van der Waals surface area (Å²) >= 11 is 0. The first-order chi connectivity index (χ1) is 8.15. The van der Waals surface area contributed by atoms with Crippen LogP contribution in [0.15, 0.2) is 24.3 Å². The Morgan fingerprint density at radius 1 is 1.28 bits per heavy atom. The highest BCUT2D eigenvalue weighted by atomic mass is 32.3. The topological polar surface area (TPSA) is 156 Å². The number of nitrogen functional groups attached to an aromatic ring is 1. The molecule has 1 aromatic rings. The van der Waals surface area contributed by atoms with Gasteiger partial charge in [0.2, 0.25) is 0 Å². The van der Waals surface area contributed by atoms with Gasteiger partial charge in [-0.25, -0.2) is 0 Å². The van der Waals surface area contributed by atoms with E-state index in [1.54, 1.807) is 0 Å². The van der Waals surface area contributed by atoms with Crippen molar-refractivity contribution in [3.05, 3.63) is 24.3 Å². The number of benzene rings is 1. The molecular formula is C9H18N4O4S. The van der Waals surface area contributed by atoms with Crippen LogP contribution >= 0.6 is 0 Å². The van der Waals surface area contributed by atoms with Crippen molar-refractivity contribution in [3.8, 4) is 0 Å². The smallest absolute Gasteiger partial charge is 0.394 e.